The van der Waals surface area contributed by atoms with Crippen LogP contribution < -0.4 is 0 Å². The van der Waals surface area contributed by atoms with Crippen molar-refractivity contribution in [2.75, 3.05) is 0 Å². The topological polar surface area (TPSA) is 41.6 Å². The fraction of sp³-hybridized carbons (Fsp3) is 0.286. The smallest absolute Gasteiger partial charge is 0.0991 e. The molecule has 0 saturated heterocycles. The lowest BCUT2D eigenvalue weighted by Crippen LogP contribution is -2.05. The quantitative estimate of drug-likeness (QED) is 0.788. The van der Waals surface area contributed by atoms with E-state index in [1.54, 1.807) is 0 Å². The summed E-state index contributed by atoms with van der Waals surface area (Å²) in [5.74, 6) is 0. The second-order valence-electron chi connectivity index (χ2n) is 4.34. The van der Waals surface area contributed by atoms with Gasteiger partial charge >= 0.3 is 0 Å². The lowest BCUT2D eigenvalue weighted by atomic mass is 10.1. The van der Waals surface area contributed by atoms with Crippen molar-refractivity contribution in [3.05, 3.63) is 52.3 Å². The van der Waals surface area contributed by atoms with Crippen molar-refractivity contribution in [1.29, 1.82) is 5.26 Å². The molecule has 0 saturated carbocycles. The number of hydrogen-bond donors (Lipinski definition) is 0. The number of aromatic nitrogens is 2. The summed E-state index contributed by atoms with van der Waals surface area (Å²) in [4.78, 5) is 0. The van der Waals surface area contributed by atoms with E-state index in [-0.39, 0.29) is 0 Å². The molecule has 1 aromatic heterocycles. The number of hydrogen-bond acceptors (Lipinski definition) is 2. The Hall–Kier alpha value is -2.08. The molecule has 0 fully saturated rings. The molecule has 0 spiro atoms. The van der Waals surface area contributed by atoms with Crippen LogP contribution in [0.1, 0.15) is 28.1 Å². The fourth-order valence-corrected chi connectivity index (χ4v) is 1.94. The van der Waals surface area contributed by atoms with Crippen LogP contribution in [-0.2, 0) is 6.54 Å². The van der Waals surface area contributed by atoms with E-state index in [2.05, 4.69) is 24.2 Å². The van der Waals surface area contributed by atoms with Gasteiger partial charge in [0, 0.05) is 5.69 Å². The van der Waals surface area contributed by atoms with Gasteiger partial charge in [0.2, 0.25) is 0 Å². The predicted octanol–water partition coefficient (Wildman–Crippen LogP) is 2.73. The Kier molecular flexibility index (Phi) is 2.97. The molecule has 0 aliphatic heterocycles. The van der Waals surface area contributed by atoms with Gasteiger partial charge in [0.05, 0.1) is 23.9 Å². The van der Waals surface area contributed by atoms with Gasteiger partial charge in [0.25, 0.3) is 0 Å². The van der Waals surface area contributed by atoms with Crippen molar-refractivity contribution >= 4 is 0 Å². The van der Waals surface area contributed by atoms with E-state index in [4.69, 9.17) is 5.26 Å². The summed E-state index contributed by atoms with van der Waals surface area (Å²) in [6, 6.07) is 10.00. The maximum absolute atomic E-state index is 8.82. The Morgan fingerprint density at radius 3 is 2.53 bits per heavy atom. The minimum Gasteiger partial charge on any atom is -0.265 e. The zero-order valence-electron chi connectivity index (χ0n) is 10.4. The van der Waals surface area contributed by atoms with Gasteiger partial charge in [0.1, 0.15) is 0 Å². The number of benzene rings is 1. The van der Waals surface area contributed by atoms with E-state index in [1.807, 2.05) is 36.7 Å². The molecule has 0 unspecified atom stereocenters. The zero-order chi connectivity index (χ0) is 12.4. The van der Waals surface area contributed by atoms with E-state index in [1.165, 1.54) is 5.56 Å². The van der Waals surface area contributed by atoms with Gasteiger partial charge in [0.15, 0.2) is 0 Å². The normalized spacial score (nSPS) is 10.2. The van der Waals surface area contributed by atoms with Gasteiger partial charge in [-0.2, -0.15) is 10.4 Å². The first kappa shape index (κ1) is 11.4. The average Bonchev–Trinajstić information content (AvgIpc) is 2.60. The molecule has 3 nitrogen and oxygen atoms in total. The van der Waals surface area contributed by atoms with Gasteiger partial charge in [-0.05, 0) is 50.1 Å². The Morgan fingerprint density at radius 2 is 2.00 bits per heavy atom. The fourth-order valence-electron chi connectivity index (χ4n) is 1.94. The molecule has 0 aliphatic rings. The van der Waals surface area contributed by atoms with Crippen LogP contribution in [0.15, 0.2) is 24.3 Å². The third-order valence-electron chi connectivity index (χ3n) is 2.90. The van der Waals surface area contributed by atoms with E-state index in [9.17, 15) is 0 Å². The van der Waals surface area contributed by atoms with Crippen LogP contribution in [0.25, 0.3) is 0 Å². The molecule has 3 heteroatoms. The highest BCUT2D eigenvalue weighted by Gasteiger charge is 2.04. The molecular formula is C14H15N3. The Balaban J connectivity index is 2.31. The second-order valence-corrected chi connectivity index (χ2v) is 4.34. The lowest BCUT2D eigenvalue weighted by molar-refractivity contribution is 0.656. The summed E-state index contributed by atoms with van der Waals surface area (Å²) in [6.07, 6.45) is 0. The number of nitriles is 1. The highest BCUT2D eigenvalue weighted by Crippen LogP contribution is 2.13. The number of aryl methyl sites for hydroxylation is 3. The predicted molar refractivity (Wildman–Crippen MR) is 66.7 cm³/mol. The Bertz CT molecular complexity index is 588. The Labute approximate surface area is 101 Å². The molecule has 0 bridgehead atoms. The van der Waals surface area contributed by atoms with Crippen molar-refractivity contribution in [2.45, 2.75) is 27.3 Å². The summed E-state index contributed by atoms with van der Waals surface area (Å²) < 4.78 is 1.99. The van der Waals surface area contributed by atoms with Gasteiger partial charge in [-0.15, -0.1) is 0 Å². The molecule has 2 aromatic rings. The van der Waals surface area contributed by atoms with Crippen LogP contribution in [0.3, 0.4) is 0 Å². The Morgan fingerprint density at radius 1 is 1.24 bits per heavy atom. The number of rotatable bonds is 2. The van der Waals surface area contributed by atoms with Gasteiger partial charge < -0.3 is 0 Å². The molecule has 86 valence electrons. The van der Waals surface area contributed by atoms with Crippen LogP contribution in [0.2, 0.25) is 0 Å². The van der Waals surface area contributed by atoms with Gasteiger partial charge in [-0.25, -0.2) is 0 Å². The summed E-state index contributed by atoms with van der Waals surface area (Å²) in [5.41, 5.74) is 5.24. The molecular weight excluding hydrogens is 210 g/mol. The van der Waals surface area contributed by atoms with Gasteiger partial charge in [-0.3, -0.25) is 4.68 Å². The zero-order valence-corrected chi connectivity index (χ0v) is 10.4. The van der Waals surface area contributed by atoms with Crippen molar-refractivity contribution in [2.24, 2.45) is 0 Å². The first-order valence-electron chi connectivity index (χ1n) is 5.61. The summed E-state index contributed by atoms with van der Waals surface area (Å²) in [7, 11) is 0. The van der Waals surface area contributed by atoms with Crippen molar-refractivity contribution in [1.82, 2.24) is 9.78 Å². The first-order valence-corrected chi connectivity index (χ1v) is 5.61. The summed E-state index contributed by atoms with van der Waals surface area (Å²) >= 11 is 0. The third-order valence-corrected chi connectivity index (χ3v) is 2.90. The molecule has 0 amide bonds. The average molecular weight is 225 g/mol. The van der Waals surface area contributed by atoms with Crippen LogP contribution in [0, 0.1) is 32.1 Å². The SMILES string of the molecule is Cc1cc(C)n(Cc2ccc(C#N)cc2C)n1. The molecule has 0 atom stereocenters. The minimum absolute atomic E-state index is 0.708. The van der Waals surface area contributed by atoms with Crippen molar-refractivity contribution in [3.8, 4) is 6.07 Å². The standard InChI is InChI=1S/C14H15N3/c1-10-6-13(8-15)4-5-14(10)9-17-12(3)7-11(2)16-17/h4-7H,9H2,1-3H3. The highest BCUT2D eigenvalue weighted by molar-refractivity contribution is 5.37. The van der Waals surface area contributed by atoms with E-state index >= 15 is 0 Å². The minimum atomic E-state index is 0.708. The molecule has 0 N–H and O–H groups in total. The van der Waals surface area contributed by atoms with Crippen LogP contribution in [-0.4, -0.2) is 9.78 Å². The molecule has 2 rings (SSSR count). The highest BCUT2D eigenvalue weighted by atomic mass is 15.3. The summed E-state index contributed by atoms with van der Waals surface area (Å²) in [5, 5.41) is 13.3. The lowest BCUT2D eigenvalue weighted by Gasteiger charge is -2.08. The second kappa shape index (κ2) is 4.42. The van der Waals surface area contributed by atoms with E-state index in [0.717, 1.165) is 23.5 Å². The van der Waals surface area contributed by atoms with E-state index < -0.39 is 0 Å². The maximum Gasteiger partial charge on any atom is 0.0991 e. The van der Waals surface area contributed by atoms with Crippen LogP contribution in [0.5, 0.6) is 0 Å². The summed E-state index contributed by atoms with van der Waals surface area (Å²) in [6.45, 7) is 6.84. The van der Waals surface area contributed by atoms with Crippen molar-refractivity contribution in [3.63, 3.8) is 0 Å². The molecule has 0 radical (unpaired) electrons. The molecule has 1 aromatic carbocycles. The van der Waals surface area contributed by atoms with Gasteiger partial charge in [-0.1, -0.05) is 6.07 Å². The number of nitrogens with zero attached hydrogens (tertiary/aromatic N) is 3. The first-order chi connectivity index (χ1) is 8.10. The van der Waals surface area contributed by atoms with Crippen molar-refractivity contribution < 1.29 is 0 Å². The largest absolute Gasteiger partial charge is 0.265 e. The molecule has 1 heterocycles. The monoisotopic (exact) mass is 225 g/mol. The van der Waals surface area contributed by atoms with Crippen LogP contribution in [0.4, 0.5) is 0 Å². The van der Waals surface area contributed by atoms with E-state index in [0.29, 0.717) is 5.56 Å². The third kappa shape index (κ3) is 2.36. The van der Waals surface area contributed by atoms with Crippen LogP contribution >= 0.6 is 0 Å². The maximum atomic E-state index is 8.82. The molecule has 0 aliphatic carbocycles. The molecule has 17 heavy (non-hydrogen) atoms.